The van der Waals surface area contributed by atoms with Crippen LogP contribution in [0.5, 0.6) is 0 Å². The van der Waals surface area contributed by atoms with Crippen molar-refractivity contribution in [2.24, 2.45) is 0 Å². The van der Waals surface area contributed by atoms with E-state index in [0.29, 0.717) is 6.42 Å². The van der Waals surface area contributed by atoms with Crippen LogP contribution in [0.15, 0.2) is 30.6 Å². The predicted molar refractivity (Wildman–Crippen MR) is 57.4 cm³/mol. The summed E-state index contributed by atoms with van der Waals surface area (Å²) in [6, 6.07) is 5.72. The zero-order valence-electron chi connectivity index (χ0n) is 8.74. The molecule has 0 saturated carbocycles. The molecule has 0 bridgehead atoms. The van der Waals surface area contributed by atoms with E-state index in [9.17, 15) is 13.2 Å². The number of hydrogen-bond acceptors (Lipinski definition) is 5. The first kappa shape index (κ1) is 14.4. The molecule has 0 fully saturated rings. The highest BCUT2D eigenvalue weighted by atomic mass is 32.2. The van der Waals surface area contributed by atoms with E-state index in [4.69, 9.17) is 5.11 Å². The van der Waals surface area contributed by atoms with E-state index in [0.717, 1.165) is 0 Å². The second kappa shape index (κ2) is 7.63. The van der Waals surface area contributed by atoms with Gasteiger partial charge in [0.15, 0.2) is 0 Å². The molecule has 1 N–H and O–H groups in total. The van der Waals surface area contributed by atoms with Crippen molar-refractivity contribution < 1.29 is 22.5 Å². The number of rotatable bonds is 3. The van der Waals surface area contributed by atoms with Crippen LogP contribution >= 0.6 is 0 Å². The van der Waals surface area contributed by atoms with Crippen LogP contribution in [0.3, 0.4) is 0 Å². The number of carboxylic acid groups (broad SMARTS) is 1. The molecule has 0 aromatic carbocycles. The third-order valence-corrected chi connectivity index (χ3v) is 2.52. The zero-order valence-corrected chi connectivity index (χ0v) is 9.55. The van der Waals surface area contributed by atoms with E-state index in [1.165, 1.54) is 0 Å². The third-order valence-electron chi connectivity index (χ3n) is 1.22. The molecule has 0 atom stereocenters. The van der Waals surface area contributed by atoms with Crippen molar-refractivity contribution in [2.75, 3.05) is 5.75 Å². The van der Waals surface area contributed by atoms with E-state index < -0.39 is 16.3 Å². The van der Waals surface area contributed by atoms with E-state index in [1.807, 2.05) is 18.2 Å². The van der Waals surface area contributed by atoms with Gasteiger partial charge < -0.3 is 9.29 Å². The predicted octanol–water partition coefficient (Wildman–Crippen LogP) is 1.50. The van der Waals surface area contributed by atoms with E-state index in [2.05, 4.69) is 9.17 Å². The average Bonchev–Trinajstić information content (AvgIpc) is 2.19. The van der Waals surface area contributed by atoms with Gasteiger partial charge in [0.25, 0.3) is 0 Å². The second-order valence-electron chi connectivity index (χ2n) is 2.64. The monoisotopic (exact) mass is 247 g/mol. The summed E-state index contributed by atoms with van der Waals surface area (Å²) in [6.45, 7) is 1.61. The quantitative estimate of drug-likeness (QED) is 0.813. The second-order valence-corrected chi connectivity index (χ2v) is 4.33. The standard InChI is InChI=1S/C5H5N.C4H8O5S/c1-2-4-6-5-3-1;1-2-3-10(7,8)9-4(5)6/h1-5H;2-3H2,1H3,(H,5,6). The fourth-order valence-electron chi connectivity index (χ4n) is 0.713. The number of nitrogens with zero attached hydrogens (tertiary/aromatic N) is 1. The van der Waals surface area contributed by atoms with Crippen LogP contribution in [0.4, 0.5) is 4.79 Å². The topological polar surface area (TPSA) is 93.6 Å². The van der Waals surface area contributed by atoms with Crippen molar-refractivity contribution in [3.63, 3.8) is 0 Å². The number of hydrogen-bond donors (Lipinski definition) is 1. The van der Waals surface area contributed by atoms with Gasteiger partial charge >= 0.3 is 16.3 Å². The van der Waals surface area contributed by atoms with Gasteiger partial charge in [-0.3, -0.25) is 4.98 Å². The van der Waals surface area contributed by atoms with E-state index in [-0.39, 0.29) is 5.75 Å². The highest BCUT2D eigenvalue weighted by Crippen LogP contribution is 1.95. The van der Waals surface area contributed by atoms with Crippen LogP contribution in [0.1, 0.15) is 13.3 Å². The van der Waals surface area contributed by atoms with Crippen LogP contribution in [0.25, 0.3) is 0 Å². The normalized spacial score (nSPS) is 9.81. The van der Waals surface area contributed by atoms with Crippen molar-refractivity contribution in [3.05, 3.63) is 30.6 Å². The smallest absolute Gasteiger partial charge is 0.449 e. The van der Waals surface area contributed by atoms with E-state index >= 15 is 0 Å². The Hall–Kier alpha value is -1.63. The Bertz CT molecular complexity index is 363. The summed E-state index contributed by atoms with van der Waals surface area (Å²) in [5.74, 6) is -0.265. The Morgan fingerprint density at radius 1 is 1.31 bits per heavy atom. The summed E-state index contributed by atoms with van der Waals surface area (Å²) in [4.78, 5) is 13.5. The van der Waals surface area contributed by atoms with Crippen LogP contribution in [0.2, 0.25) is 0 Å². The Morgan fingerprint density at radius 2 is 1.88 bits per heavy atom. The first-order chi connectivity index (χ1) is 7.48. The van der Waals surface area contributed by atoms with Gasteiger partial charge in [0.2, 0.25) is 0 Å². The molecule has 0 aliphatic carbocycles. The lowest BCUT2D eigenvalue weighted by Gasteiger charge is -1.97. The van der Waals surface area contributed by atoms with Gasteiger partial charge in [0, 0.05) is 12.4 Å². The summed E-state index contributed by atoms with van der Waals surface area (Å²) >= 11 is 0. The third kappa shape index (κ3) is 8.95. The molecule has 90 valence electrons. The van der Waals surface area contributed by atoms with Crippen molar-refractivity contribution in [1.29, 1.82) is 0 Å². The average molecular weight is 247 g/mol. The first-order valence-corrected chi connectivity index (χ1v) is 6.05. The SMILES string of the molecule is CCCS(=O)(=O)OC(=O)O.c1ccncc1. The van der Waals surface area contributed by atoms with Gasteiger partial charge in [-0.05, 0) is 18.6 Å². The summed E-state index contributed by atoms with van der Waals surface area (Å²) in [5, 5.41) is 7.87. The van der Waals surface area contributed by atoms with Gasteiger partial charge in [-0.1, -0.05) is 13.0 Å². The maximum absolute atomic E-state index is 10.4. The summed E-state index contributed by atoms with van der Waals surface area (Å²) < 4.78 is 24.4. The lowest BCUT2D eigenvalue weighted by molar-refractivity contribution is 0.147. The van der Waals surface area contributed by atoms with Gasteiger partial charge in [0.05, 0.1) is 5.75 Å². The van der Waals surface area contributed by atoms with Crippen LogP contribution in [-0.4, -0.2) is 30.4 Å². The molecule has 0 amide bonds. The summed E-state index contributed by atoms with van der Waals surface area (Å²) in [7, 11) is -3.83. The highest BCUT2D eigenvalue weighted by molar-refractivity contribution is 7.87. The van der Waals surface area contributed by atoms with Gasteiger partial charge in [-0.15, -0.1) is 0 Å². The molecule has 0 spiro atoms. The molecule has 0 aliphatic rings. The molecule has 16 heavy (non-hydrogen) atoms. The minimum Gasteiger partial charge on any atom is -0.449 e. The van der Waals surface area contributed by atoms with Gasteiger partial charge in [0.1, 0.15) is 0 Å². The fourth-order valence-corrected chi connectivity index (χ4v) is 1.51. The van der Waals surface area contributed by atoms with Gasteiger partial charge in [-0.2, -0.15) is 8.42 Å². The molecule has 1 aromatic rings. The minimum atomic E-state index is -3.83. The number of carbonyl (C=O) groups is 1. The van der Waals surface area contributed by atoms with Crippen LogP contribution in [-0.2, 0) is 14.3 Å². The Labute approximate surface area is 94.0 Å². The Kier molecular flexibility index (Phi) is 6.86. The fraction of sp³-hybridized carbons (Fsp3) is 0.333. The molecule has 0 radical (unpaired) electrons. The Morgan fingerprint density at radius 3 is 2.12 bits per heavy atom. The van der Waals surface area contributed by atoms with Crippen LogP contribution in [0, 0.1) is 0 Å². The molecule has 1 aromatic heterocycles. The molecule has 0 aliphatic heterocycles. The van der Waals surface area contributed by atoms with Crippen molar-refractivity contribution >= 4 is 16.3 Å². The molecular weight excluding hydrogens is 234 g/mol. The minimum absolute atomic E-state index is 0.265. The number of pyridine rings is 1. The highest BCUT2D eigenvalue weighted by Gasteiger charge is 2.13. The molecule has 0 unspecified atom stereocenters. The molecule has 0 saturated heterocycles. The lowest BCUT2D eigenvalue weighted by atomic mass is 10.5. The lowest BCUT2D eigenvalue weighted by Crippen LogP contribution is -2.13. The molecule has 1 heterocycles. The number of aromatic nitrogens is 1. The maximum Gasteiger partial charge on any atom is 0.521 e. The maximum atomic E-state index is 10.4. The van der Waals surface area contributed by atoms with Gasteiger partial charge in [-0.25, -0.2) is 4.79 Å². The molecule has 6 nitrogen and oxygen atoms in total. The first-order valence-electron chi connectivity index (χ1n) is 4.48. The van der Waals surface area contributed by atoms with Crippen molar-refractivity contribution in [3.8, 4) is 0 Å². The van der Waals surface area contributed by atoms with Crippen LogP contribution < -0.4 is 0 Å². The summed E-state index contributed by atoms with van der Waals surface area (Å²) in [5.41, 5.74) is 0. The zero-order chi connectivity index (χ0) is 12.4. The van der Waals surface area contributed by atoms with E-state index in [1.54, 1.807) is 19.3 Å². The molecule has 7 heteroatoms. The largest absolute Gasteiger partial charge is 0.521 e. The molecule has 1 rings (SSSR count). The summed E-state index contributed by atoms with van der Waals surface area (Å²) in [6.07, 6.45) is 2.06. The Balaban J connectivity index is 0.000000315. The van der Waals surface area contributed by atoms with Crippen molar-refractivity contribution in [2.45, 2.75) is 13.3 Å². The van der Waals surface area contributed by atoms with Crippen molar-refractivity contribution in [1.82, 2.24) is 4.98 Å². The molecular formula is C9H13NO5S.